The summed E-state index contributed by atoms with van der Waals surface area (Å²) in [6, 6.07) is 4.60. The Balaban J connectivity index is 2.46. The molecule has 0 saturated carbocycles. The second kappa shape index (κ2) is 6.33. The van der Waals surface area contributed by atoms with Gasteiger partial charge in [-0.1, -0.05) is 0 Å². The van der Waals surface area contributed by atoms with Crippen LogP contribution >= 0.6 is 0 Å². The van der Waals surface area contributed by atoms with Crippen LogP contribution < -0.4 is 10.1 Å². The highest BCUT2D eigenvalue weighted by Gasteiger charge is 2.03. The molecule has 3 nitrogen and oxygen atoms in total. The SMILES string of the molecule is COc1ccc(F)c(NCCOC(C)C)c1. The van der Waals surface area contributed by atoms with Gasteiger partial charge in [0.05, 0.1) is 25.5 Å². The monoisotopic (exact) mass is 227 g/mol. The van der Waals surface area contributed by atoms with E-state index in [-0.39, 0.29) is 11.9 Å². The van der Waals surface area contributed by atoms with E-state index in [1.165, 1.54) is 6.07 Å². The Hall–Kier alpha value is -1.29. The Labute approximate surface area is 95.6 Å². The first kappa shape index (κ1) is 12.8. The molecule has 0 unspecified atom stereocenters. The van der Waals surface area contributed by atoms with Crippen molar-refractivity contribution >= 4 is 5.69 Å². The molecule has 1 rings (SSSR count). The summed E-state index contributed by atoms with van der Waals surface area (Å²) in [5.41, 5.74) is 0.437. The van der Waals surface area contributed by atoms with Crippen LogP contribution in [0.1, 0.15) is 13.8 Å². The zero-order chi connectivity index (χ0) is 12.0. The highest BCUT2D eigenvalue weighted by atomic mass is 19.1. The van der Waals surface area contributed by atoms with E-state index in [9.17, 15) is 4.39 Å². The Morgan fingerprint density at radius 1 is 1.38 bits per heavy atom. The normalized spacial score (nSPS) is 10.6. The van der Waals surface area contributed by atoms with Gasteiger partial charge in [0.1, 0.15) is 11.6 Å². The zero-order valence-corrected chi connectivity index (χ0v) is 9.92. The van der Waals surface area contributed by atoms with Crippen LogP contribution in [-0.4, -0.2) is 26.4 Å². The summed E-state index contributed by atoms with van der Waals surface area (Å²) in [7, 11) is 1.55. The minimum absolute atomic E-state index is 0.192. The number of benzene rings is 1. The van der Waals surface area contributed by atoms with Crippen LogP contribution in [0.5, 0.6) is 5.75 Å². The fraction of sp³-hybridized carbons (Fsp3) is 0.500. The van der Waals surface area contributed by atoms with E-state index in [0.29, 0.717) is 24.6 Å². The van der Waals surface area contributed by atoms with E-state index < -0.39 is 0 Å². The molecule has 0 amide bonds. The largest absolute Gasteiger partial charge is 0.497 e. The second-order valence-corrected chi connectivity index (χ2v) is 3.69. The van der Waals surface area contributed by atoms with Crippen molar-refractivity contribution in [2.24, 2.45) is 0 Å². The molecule has 0 heterocycles. The predicted octanol–water partition coefficient (Wildman–Crippen LogP) is 2.67. The van der Waals surface area contributed by atoms with E-state index in [2.05, 4.69) is 5.32 Å². The van der Waals surface area contributed by atoms with Gasteiger partial charge in [-0.15, -0.1) is 0 Å². The molecule has 1 aromatic rings. The van der Waals surface area contributed by atoms with Crippen LogP contribution in [0.3, 0.4) is 0 Å². The first-order valence-electron chi connectivity index (χ1n) is 5.32. The van der Waals surface area contributed by atoms with Gasteiger partial charge in [-0.25, -0.2) is 4.39 Å². The van der Waals surface area contributed by atoms with Gasteiger partial charge >= 0.3 is 0 Å². The summed E-state index contributed by atoms with van der Waals surface area (Å²) in [6.07, 6.45) is 0.192. The predicted molar refractivity (Wildman–Crippen MR) is 62.5 cm³/mol. The number of hydrogen-bond acceptors (Lipinski definition) is 3. The lowest BCUT2D eigenvalue weighted by atomic mass is 10.3. The molecule has 1 N–H and O–H groups in total. The molecule has 0 aromatic heterocycles. The minimum Gasteiger partial charge on any atom is -0.497 e. The number of hydrogen-bond donors (Lipinski definition) is 1. The van der Waals surface area contributed by atoms with Gasteiger partial charge < -0.3 is 14.8 Å². The van der Waals surface area contributed by atoms with Gasteiger partial charge in [0.25, 0.3) is 0 Å². The lowest BCUT2D eigenvalue weighted by Gasteiger charge is -2.11. The fourth-order valence-corrected chi connectivity index (χ4v) is 1.25. The van der Waals surface area contributed by atoms with E-state index >= 15 is 0 Å². The van der Waals surface area contributed by atoms with E-state index in [1.807, 2.05) is 13.8 Å². The molecule has 0 aliphatic heterocycles. The summed E-state index contributed by atoms with van der Waals surface area (Å²) in [5, 5.41) is 2.96. The highest BCUT2D eigenvalue weighted by molar-refractivity contribution is 5.49. The highest BCUT2D eigenvalue weighted by Crippen LogP contribution is 2.20. The standard InChI is InChI=1S/C12H18FNO2/c1-9(2)16-7-6-14-12-8-10(15-3)4-5-11(12)13/h4-5,8-9,14H,6-7H2,1-3H3. The summed E-state index contributed by atoms with van der Waals surface area (Å²) >= 11 is 0. The van der Waals surface area contributed by atoms with Crippen LogP contribution in [0.4, 0.5) is 10.1 Å². The van der Waals surface area contributed by atoms with Gasteiger partial charge in [-0.05, 0) is 26.0 Å². The summed E-state index contributed by atoms with van der Waals surface area (Å²) in [5.74, 6) is 0.346. The quantitative estimate of drug-likeness (QED) is 0.758. The maximum absolute atomic E-state index is 13.3. The first-order valence-corrected chi connectivity index (χ1v) is 5.32. The maximum Gasteiger partial charge on any atom is 0.146 e. The third kappa shape index (κ3) is 4.06. The lowest BCUT2D eigenvalue weighted by molar-refractivity contribution is 0.0870. The van der Waals surface area contributed by atoms with Crippen molar-refractivity contribution in [2.75, 3.05) is 25.6 Å². The smallest absolute Gasteiger partial charge is 0.146 e. The molecule has 0 fully saturated rings. The van der Waals surface area contributed by atoms with Crippen molar-refractivity contribution in [3.8, 4) is 5.75 Å². The third-order valence-electron chi connectivity index (χ3n) is 2.04. The molecule has 0 atom stereocenters. The number of methoxy groups -OCH3 is 1. The third-order valence-corrected chi connectivity index (χ3v) is 2.04. The summed E-state index contributed by atoms with van der Waals surface area (Å²) in [4.78, 5) is 0. The van der Waals surface area contributed by atoms with E-state index in [1.54, 1.807) is 19.2 Å². The number of rotatable bonds is 6. The lowest BCUT2D eigenvalue weighted by Crippen LogP contribution is -2.13. The van der Waals surface area contributed by atoms with E-state index in [4.69, 9.17) is 9.47 Å². The van der Waals surface area contributed by atoms with Crippen molar-refractivity contribution in [1.29, 1.82) is 0 Å². The Morgan fingerprint density at radius 3 is 2.75 bits per heavy atom. The van der Waals surface area contributed by atoms with Gasteiger partial charge in [0.15, 0.2) is 0 Å². The fourth-order valence-electron chi connectivity index (χ4n) is 1.25. The van der Waals surface area contributed by atoms with Crippen LogP contribution in [-0.2, 0) is 4.74 Å². The van der Waals surface area contributed by atoms with Crippen LogP contribution in [0.2, 0.25) is 0 Å². The number of halogens is 1. The van der Waals surface area contributed by atoms with Crippen LogP contribution in [0.15, 0.2) is 18.2 Å². The van der Waals surface area contributed by atoms with E-state index in [0.717, 1.165) is 0 Å². The summed E-state index contributed by atoms with van der Waals surface area (Å²) in [6.45, 7) is 5.05. The summed E-state index contributed by atoms with van der Waals surface area (Å²) < 4.78 is 23.7. The van der Waals surface area contributed by atoms with Gasteiger partial charge in [-0.3, -0.25) is 0 Å². The topological polar surface area (TPSA) is 30.5 Å². The van der Waals surface area contributed by atoms with Crippen molar-refractivity contribution in [2.45, 2.75) is 20.0 Å². The molecule has 1 aromatic carbocycles. The average molecular weight is 227 g/mol. The molecule has 0 radical (unpaired) electrons. The van der Waals surface area contributed by atoms with Crippen molar-refractivity contribution < 1.29 is 13.9 Å². The second-order valence-electron chi connectivity index (χ2n) is 3.69. The molecule has 90 valence electrons. The first-order chi connectivity index (χ1) is 7.63. The molecule has 0 saturated heterocycles. The van der Waals surface area contributed by atoms with Gasteiger partial charge in [0, 0.05) is 12.6 Å². The molecule has 0 bridgehead atoms. The number of nitrogens with one attached hydrogen (secondary N) is 1. The van der Waals surface area contributed by atoms with Gasteiger partial charge in [0.2, 0.25) is 0 Å². The molecular formula is C12H18FNO2. The molecule has 0 aliphatic carbocycles. The molecular weight excluding hydrogens is 209 g/mol. The Bertz CT molecular complexity index is 329. The molecule has 4 heteroatoms. The van der Waals surface area contributed by atoms with Crippen LogP contribution in [0.25, 0.3) is 0 Å². The molecule has 0 spiro atoms. The minimum atomic E-state index is -0.287. The average Bonchev–Trinajstić information content (AvgIpc) is 2.26. The van der Waals surface area contributed by atoms with Crippen LogP contribution in [0, 0.1) is 5.82 Å². The number of anilines is 1. The Morgan fingerprint density at radius 2 is 2.12 bits per heavy atom. The molecule has 16 heavy (non-hydrogen) atoms. The zero-order valence-electron chi connectivity index (χ0n) is 9.92. The number of ether oxygens (including phenoxy) is 2. The van der Waals surface area contributed by atoms with Gasteiger partial charge in [-0.2, -0.15) is 0 Å². The Kier molecular flexibility index (Phi) is 5.05. The van der Waals surface area contributed by atoms with Crippen molar-refractivity contribution in [1.82, 2.24) is 0 Å². The van der Waals surface area contributed by atoms with Crippen molar-refractivity contribution in [3.63, 3.8) is 0 Å². The van der Waals surface area contributed by atoms with Crippen molar-refractivity contribution in [3.05, 3.63) is 24.0 Å². The maximum atomic E-state index is 13.3. The molecule has 0 aliphatic rings.